The van der Waals surface area contributed by atoms with E-state index in [1.807, 2.05) is 0 Å². The van der Waals surface area contributed by atoms with Crippen LogP contribution in [0.2, 0.25) is 0 Å². The molecule has 0 saturated heterocycles. The minimum absolute atomic E-state index is 0.109. The monoisotopic (exact) mass is 1260 g/mol. The molecule has 542 valence electrons. The first-order valence-corrected chi connectivity index (χ1v) is 43.1. The van der Waals surface area contributed by atoms with Crippen molar-refractivity contribution in [2.75, 3.05) is 0 Å². The van der Waals surface area contributed by atoms with Crippen molar-refractivity contribution in [1.82, 2.24) is 0 Å². The van der Waals surface area contributed by atoms with E-state index in [0.29, 0.717) is 41.4 Å². The van der Waals surface area contributed by atoms with Gasteiger partial charge in [-0.15, -0.1) is 0 Å². The SMILES string of the molecule is CCCCCC(CCC)CC(C)C(CC(CCC)CCCCC)(C(CC)CCC)C(CC(CC)CC)(CC(CCC)CCCCC)C(CC(CCC)CCCCC)(C(C)C(C)CC)C(CCC)(C(C)CC(C)C)C(CC(CCC)CCCCC)CC(C)(C)CC. The molecule has 0 nitrogen and oxygen atoms in total. The Hall–Kier alpha value is 0. The molecule has 0 aliphatic rings. The van der Waals surface area contributed by atoms with Crippen LogP contribution in [0, 0.1) is 104 Å². The maximum absolute atomic E-state index is 3.14. The molecule has 0 radical (unpaired) electrons. The van der Waals surface area contributed by atoms with Gasteiger partial charge in [-0.25, -0.2) is 0 Å². The molecule has 0 heteroatoms. The summed E-state index contributed by atoms with van der Waals surface area (Å²) in [6.07, 6.45) is 66.0. The van der Waals surface area contributed by atoms with Gasteiger partial charge in [0.05, 0.1) is 0 Å². The molecule has 0 saturated carbocycles. The first-order chi connectivity index (χ1) is 43.1. The van der Waals surface area contributed by atoms with Crippen molar-refractivity contribution in [2.45, 2.75) is 475 Å². The molecule has 0 aromatic rings. The van der Waals surface area contributed by atoms with Crippen LogP contribution in [0.4, 0.5) is 0 Å². The summed E-state index contributed by atoms with van der Waals surface area (Å²) in [6.45, 7) is 67.9. The summed E-state index contributed by atoms with van der Waals surface area (Å²) in [4.78, 5) is 0. The lowest BCUT2D eigenvalue weighted by atomic mass is 9.27. The van der Waals surface area contributed by atoms with Gasteiger partial charge < -0.3 is 0 Å². The minimum Gasteiger partial charge on any atom is -0.0654 e. The van der Waals surface area contributed by atoms with Crippen LogP contribution in [0.1, 0.15) is 475 Å². The van der Waals surface area contributed by atoms with Crippen molar-refractivity contribution < 1.29 is 0 Å². The molecule has 15 atom stereocenters. The standard InChI is InChI=1S/C90H182/c1-26-43-48-59-79(53-31-6)66-76(22)89(84(41-16)58-36-11,70-82(56-34-9)62-51-46-29-4)87(68-78(39-14)40-15,69-81(55-33-8)61-50-45-28-3)90(77(23)74(20)38-13,71-83(57-35-10)63-52-47-30-5)88(64-37-12,75(21)65-73(18)19)85(72-86(24,25)42-17)67-80(54-32-7)60-49-44-27-2/h73-85H,26-72H2,1-25H3. The van der Waals surface area contributed by atoms with Crippen LogP contribution in [0.3, 0.4) is 0 Å². The Balaban J connectivity index is 12.4. The zero-order valence-electron chi connectivity index (χ0n) is 68.2. The van der Waals surface area contributed by atoms with Crippen LogP contribution < -0.4 is 0 Å². The fourth-order valence-electron chi connectivity index (χ4n) is 22.3. The lowest BCUT2D eigenvalue weighted by Gasteiger charge is -2.77. The van der Waals surface area contributed by atoms with Gasteiger partial charge in [0.1, 0.15) is 0 Å². The molecule has 0 fully saturated rings. The zero-order valence-corrected chi connectivity index (χ0v) is 68.2. The van der Waals surface area contributed by atoms with E-state index in [1.165, 1.54) is 302 Å². The van der Waals surface area contributed by atoms with Crippen LogP contribution in [0.15, 0.2) is 0 Å². The smallest absolute Gasteiger partial charge is 0.0143 e. The second-order valence-electron chi connectivity index (χ2n) is 34.5. The van der Waals surface area contributed by atoms with Crippen LogP contribution in [-0.4, -0.2) is 0 Å². The predicted molar refractivity (Wildman–Crippen MR) is 416 cm³/mol. The molecule has 0 N–H and O–H groups in total. The highest BCUT2D eigenvalue weighted by Gasteiger charge is 2.75. The normalized spacial score (nSPS) is 19.1. The predicted octanol–water partition coefficient (Wildman–Crippen LogP) is 32.8. The van der Waals surface area contributed by atoms with Gasteiger partial charge in [0.2, 0.25) is 0 Å². The van der Waals surface area contributed by atoms with Crippen LogP contribution >= 0.6 is 0 Å². The molecular weight excluding hydrogens is 1080 g/mol. The summed E-state index contributed by atoms with van der Waals surface area (Å²) in [6, 6.07) is 0. The van der Waals surface area contributed by atoms with E-state index in [-0.39, 0.29) is 27.1 Å². The zero-order chi connectivity index (χ0) is 68.2. The first kappa shape index (κ1) is 90.0. The number of hydrogen-bond donors (Lipinski definition) is 0. The minimum atomic E-state index is 0.109. The maximum Gasteiger partial charge on any atom is -0.0143 e. The molecule has 0 aliphatic heterocycles. The molecule has 15 unspecified atom stereocenters. The molecule has 0 heterocycles. The third-order valence-electron chi connectivity index (χ3n) is 27.0. The Morgan fingerprint density at radius 1 is 0.278 bits per heavy atom. The summed E-state index contributed by atoms with van der Waals surface area (Å²) in [5.74, 6) is 9.33. The quantitative estimate of drug-likeness (QED) is 0.0533. The number of hydrogen-bond acceptors (Lipinski definition) is 0. The second kappa shape index (κ2) is 51.2. The van der Waals surface area contributed by atoms with Gasteiger partial charge in [-0.3, -0.25) is 0 Å². The second-order valence-corrected chi connectivity index (χ2v) is 34.5. The summed E-state index contributed by atoms with van der Waals surface area (Å²) < 4.78 is 0. The fourth-order valence-corrected chi connectivity index (χ4v) is 22.3. The van der Waals surface area contributed by atoms with Gasteiger partial charge in [0.15, 0.2) is 0 Å². The van der Waals surface area contributed by atoms with Crippen molar-refractivity contribution in [2.24, 2.45) is 104 Å². The van der Waals surface area contributed by atoms with Crippen molar-refractivity contribution in [3.8, 4) is 0 Å². The largest absolute Gasteiger partial charge is 0.0654 e. The Kier molecular flexibility index (Phi) is 51.2. The van der Waals surface area contributed by atoms with Gasteiger partial charge in [0.25, 0.3) is 0 Å². The Labute approximate surface area is 575 Å². The summed E-state index contributed by atoms with van der Waals surface area (Å²) in [5.41, 5.74) is 0.857. The fraction of sp³-hybridized carbons (Fsp3) is 1.00. The molecule has 0 bridgehead atoms. The average molecular weight is 1260 g/mol. The van der Waals surface area contributed by atoms with Gasteiger partial charge in [-0.05, 0) is 162 Å². The summed E-state index contributed by atoms with van der Waals surface area (Å²) in [7, 11) is 0. The van der Waals surface area contributed by atoms with Crippen LogP contribution in [-0.2, 0) is 0 Å². The summed E-state index contributed by atoms with van der Waals surface area (Å²) >= 11 is 0. The first-order valence-electron chi connectivity index (χ1n) is 43.1. The third kappa shape index (κ3) is 27.4. The van der Waals surface area contributed by atoms with Crippen molar-refractivity contribution in [3.05, 3.63) is 0 Å². The molecular formula is C90H182. The van der Waals surface area contributed by atoms with Crippen molar-refractivity contribution >= 4 is 0 Å². The lowest BCUT2D eigenvalue weighted by Crippen LogP contribution is -2.71. The van der Waals surface area contributed by atoms with E-state index in [4.69, 9.17) is 0 Å². The molecule has 90 heavy (non-hydrogen) atoms. The number of unbranched alkanes of at least 4 members (excludes halogenated alkanes) is 10. The van der Waals surface area contributed by atoms with Crippen LogP contribution in [0.25, 0.3) is 0 Å². The van der Waals surface area contributed by atoms with E-state index < -0.39 is 0 Å². The highest BCUT2D eigenvalue weighted by atomic mass is 14.8. The van der Waals surface area contributed by atoms with Gasteiger partial charge in [-0.1, -0.05) is 417 Å². The molecule has 0 aromatic carbocycles. The number of rotatable bonds is 64. The lowest BCUT2D eigenvalue weighted by molar-refractivity contribution is -0.295. The summed E-state index contributed by atoms with van der Waals surface area (Å²) in [5, 5.41) is 0. The molecule has 0 rings (SSSR count). The van der Waals surface area contributed by atoms with Gasteiger partial charge in [-0.2, -0.15) is 0 Å². The topological polar surface area (TPSA) is 0 Å². The van der Waals surface area contributed by atoms with Crippen LogP contribution in [0.5, 0.6) is 0 Å². The Morgan fingerprint density at radius 2 is 0.656 bits per heavy atom. The van der Waals surface area contributed by atoms with E-state index in [0.717, 1.165) is 35.5 Å². The maximum atomic E-state index is 3.14. The molecule has 0 aromatic heterocycles. The Bertz CT molecular complexity index is 1580. The molecule has 0 aliphatic carbocycles. The Morgan fingerprint density at radius 3 is 1.02 bits per heavy atom. The third-order valence-corrected chi connectivity index (χ3v) is 27.0. The highest BCUT2D eigenvalue weighted by molar-refractivity contribution is 5.22. The average Bonchev–Trinajstić information content (AvgIpc) is 0.677. The highest BCUT2D eigenvalue weighted by Crippen LogP contribution is 2.81. The van der Waals surface area contributed by atoms with E-state index >= 15 is 0 Å². The van der Waals surface area contributed by atoms with E-state index in [2.05, 4.69) is 173 Å². The molecule has 0 spiro atoms. The van der Waals surface area contributed by atoms with Crippen molar-refractivity contribution in [3.63, 3.8) is 0 Å². The van der Waals surface area contributed by atoms with E-state index in [9.17, 15) is 0 Å². The molecule has 0 amide bonds. The van der Waals surface area contributed by atoms with E-state index in [1.54, 1.807) is 0 Å². The van der Waals surface area contributed by atoms with Gasteiger partial charge >= 0.3 is 0 Å². The van der Waals surface area contributed by atoms with Gasteiger partial charge in [0, 0.05) is 0 Å². The van der Waals surface area contributed by atoms with Crippen molar-refractivity contribution in [1.29, 1.82) is 0 Å².